The second-order valence-electron chi connectivity index (χ2n) is 9.21. The van der Waals surface area contributed by atoms with Crippen molar-refractivity contribution < 1.29 is 11.0 Å². The molecule has 0 radical (unpaired) electrons. The van der Waals surface area contributed by atoms with E-state index in [0.29, 0.717) is 25.6 Å². The predicted molar refractivity (Wildman–Crippen MR) is 161 cm³/mol. The molecule has 8 bridgehead atoms. The van der Waals surface area contributed by atoms with E-state index in [-0.39, 0.29) is 7.33 Å². The molecule has 1 amide bonds. The monoisotopic (exact) mass is 534 g/mol. The van der Waals surface area contributed by atoms with Gasteiger partial charge in [0.2, 0.25) is 11.8 Å². The number of benzene rings is 1. The van der Waals surface area contributed by atoms with Crippen LogP contribution >= 0.6 is 0 Å². The van der Waals surface area contributed by atoms with Gasteiger partial charge in [0.25, 0.3) is 0 Å². The summed E-state index contributed by atoms with van der Waals surface area (Å²) in [5, 5.41) is 3.45. The van der Waals surface area contributed by atoms with Gasteiger partial charge >= 0.3 is 0 Å². The number of carbonyl (C=O) groups is 1. The molecule has 39 heavy (non-hydrogen) atoms. The highest BCUT2D eigenvalue weighted by atomic mass is 16.5. The summed E-state index contributed by atoms with van der Waals surface area (Å²) in [4.78, 5) is 28.2. The first kappa shape index (κ1) is 30.1. The van der Waals surface area contributed by atoms with Crippen LogP contribution in [0.15, 0.2) is 60.9 Å². The average molecular weight is 535 g/mol. The lowest BCUT2D eigenvalue weighted by molar-refractivity contribution is -0.131. The highest BCUT2D eigenvalue weighted by molar-refractivity contribution is 5.78. The fourth-order valence-electron chi connectivity index (χ4n) is 4.49. The second-order valence-corrected chi connectivity index (χ2v) is 9.21. The third-order valence-electron chi connectivity index (χ3n) is 6.57. The third-order valence-corrected chi connectivity index (χ3v) is 6.57. The number of carbonyl (C=O) groups excluding carboxylic acids is 1. The summed E-state index contributed by atoms with van der Waals surface area (Å²) in [6.07, 6.45) is 4.39. The van der Waals surface area contributed by atoms with E-state index in [1.54, 1.807) is 4.90 Å². The predicted octanol–water partition coefficient (Wildman–Crippen LogP) is 5.54. The van der Waals surface area contributed by atoms with Gasteiger partial charge in [-0.3, -0.25) is 14.6 Å². The van der Waals surface area contributed by atoms with Gasteiger partial charge < -0.3 is 15.0 Å². The molecule has 8 nitrogen and oxygen atoms in total. The minimum atomic E-state index is 0. The molecule has 0 spiro atoms. The van der Waals surface area contributed by atoms with Crippen molar-refractivity contribution in [2.45, 2.75) is 40.7 Å². The van der Waals surface area contributed by atoms with E-state index in [1.807, 2.05) is 71.4 Å². The van der Waals surface area contributed by atoms with Crippen LogP contribution in [0.2, 0.25) is 0 Å². The highest BCUT2D eigenvalue weighted by Crippen LogP contribution is 2.24. The van der Waals surface area contributed by atoms with Crippen molar-refractivity contribution in [3.8, 4) is 17.0 Å². The minimum absolute atomic E-state index is 0. The Morgan fingerprint density at radius 3 is 2.31 bits per heavy atom. The van der Waals surface area contributed by atoms with Crippen molar-refractivity contribution in [2.75, 3.05) is 58.2 Å². The molecule has 1 aromatic carbocycles. The van der Waals surface area contributed by atoms with E-state index in [1.165, 1.54) is 5.56 Å². The zero-order chi connectivity index (χ0) is 28.0. The van der Waals surface area contributed by atoms with Crippen LogP contribution in [0.4, 0.5) is 11.5 Å². The van der Waals surface area contributed by atoms with E-state index in [4.69, 9.17) is 4.74 Å². The molecule has 5 aliphatic rings. The van der Waals surface area contributed by atoms with Gasteiger partial charge in [-0.15, -0.1) is 0 Å². The Hall–Kier alpha value is -3.49. The molecule has 7 heterocycles. The molecule has 0 atom stereocenters. The topological polar surface area (TPSA) is 73.8 Å². The lowest BCUT2D eigenvalue weighted by Gasteiger charge is -2.35. The standard InChI is InChI=1S/C27H32N6O2.2C2H6.H2/c1-31-10-3-15-35-26-7-6-23(18-29-26)22-8-9-28-25(17-22)30-24-5-2-4-21(16-24)19-32-11-13-33(14-12-32)20-27(31)34;2*1-2;/h2,4-9,16-18H,3,10-15,19-20H2,1H3,(H,28,30);2*1-2H3;1H. The van der Waals surface area contributed by atoms with Gasteiger partial charge in [-0.25, -0.2) is 9.97 Å². The molecule has 212 valence electrons. The van der Waals surface area contributed by atoms with Crippen molar-refractivity contribution in [3.05, 3.63) is 66.5 Å². The first-order valence-electron chi connectivity index (χ1n) is 14.2. The Morgan fingerprint density at radius 2 is 1.59 bits per heavy atom. The van der Waals surface area contributed by atoms with Crippen LogP contribution in [0.3, 0.4) is 0 Å². The van der Waals surface area contributed by atoms with Crippen molar-refractivity contribution in [3.63, 3.8) is 0 Å². The van der Waals surface area contributed by atoms with E-state index in [9.17, 15) is 4.79 Å². The van der Waals surface area contributed by atoms with Gasteiger partial charge in [-0.05, 0) is 47.9 Å². The number of rotatable bonds is 0. The van der Waals surface area contributed by atoms with Crippen molar-refractivity contribution in [1.29, 1.82) is 0 Å². The smallest absolute Gasteiger partial charge is 0.236 e. The number of amides is 1. The van der Waals surface area contributed by atoms with Crippen LogP contribution in [0.1, 0.15) is 41.1 Å². The fourth-order valence-corrected chi connectivity index (χ4v) is 4.49. The van der Waals surface area contributed by atoms with Gasteiger partial charge in [0.05, 0.1) is 13.2 Å². The van der Waals surface area contributed by atoms with E-state index >= 15 is 0 Å². The molecule has 5 aliphatic heterocycles. The molecule has 0 saturated carbocycles. The van der Waals surface area contributed by atoms with Crippen LogP contribution in [-0.4, -0.2) is 83.5 Å². The third kappa shape index (κ3) is 9.04. The quantitative estimate of drug-likeness (QED) is 0.406. The van der Waals surface area contributed by atoms with E-state index in [2.05, 4.69) is 49.4 Å². The molecular weight excluding hydrogens is 488 g/mol. The summed E-state index contributed by atoms with van der Waals surface area (Å²) in [5.74, 6) is 1.54. The Kier molecular flexibility index (Phi) is 12.2. The molecule has 1 fully saturated rings. The number of nitrogens with one attached hydrogen (secondary N) is 1. The summed E-state index contributed by atoms with van der Waals surface area (Å²) in [6.45, 7) is 14.3. The SMILES string of the molecule is CC.CC.CN1CCCOc2ccc(cn2)-c2ccnc(c2)Nc2cccc(c2)CN2CCN(CC2)CC1=O.[HH]. The molecular formula is C31H46N6O2. The molecule has 0 aliphatic carbocycles. The number of nitrogens with zero attached hydrogens (tertiary/aromatic N) is 5. The van der Waals surface area contributed by atoms with Crippen molar-refractivity contribution in [1.82, 2.24) is 24.7 Å². The molecule has 2 aromatic heterocycles. The lowest BCUT2D eigenvalue weighted by Crippen LogP contribution is -2.49. The van der Waals surface area contributed by atoms with Crippen LogP contribution in [0.25, 0.3) is 11.1 Å². The zero-order valence-electron chi connectivity index (χ0n) is 24.2. The number of hydrogen-bond acceptors (Lipinski definition) is 7. The maximum Gasteiger partial charge on any atom is 0.236 e. The Labute approximate surface area is 235 Å². The first-order chi connectivity index (χ1) is 19.1. The summed E-state index contributed by atoms with van der Waals surface area (Å²) in [6, 6.07) is 16.4. The van der Waals surface area contributed by atoms with Crippen LogP contribution in [0, 0.1) is 0 Å². The largest absolute Gasteiger partial charge is 0.478 e. The molecule has 1 N–H and O–H groups in total. The van der Waals surface area contributed by atoms with Crippen LogP contribution < -0.4 is 10.1 Å². The lowest BCUT2D eigenvalue weighted by atomic mass is 10.1. The summed E-state index contributed by atoms with van der Waals surface area (Å²) in [5.41, 5.74) is 4.31. The maximum atomic E-state index is 12.7. The number of aromatic nitrogens is 2. The van der Waals surface area contributed by atoms with E-state index in [0.717, 1.165) is 61.8 Å². The van der Waals surface area contributed by atoms with Crippen molar-refractivity contribution in [2.24, 2.45) is 0 Å². The van der Waals surface area contributed by atoms with Gasteiger partial charge in [-0.2, -0.15) is 0 Å². The molecule has 0 unspecified atom stereocenters. The van der Waals surface area contributed by atoms with E-state index < -0.39 is 0 Å². The maximum absolute atomic E-state index is 12.7. The highest BCUT2D eigenvalue weighted by Gasteiger charge is 2.20. The Morgan fingerprint density at radius 1 is 0.846 bits per heavy atom. The second kappa shape index (κ2) is 15.8. The van der Waals surface area contributed by atoms with Crippen molar-refractivity contribution >= 4 is 17.4 Å². The summed E-state index contributed by atoms with van der Waals surface area (Å²) in [7, 11) is 1.87. The molecule has 8 rings (SSSR count). The number of hydrogen-bond donors (Lipinski definition) is 1. The minimum Gasteiger partial charge on any atom is -0.478 e. The number of piperazine rings is 1. The molecule has 3 aromatic rings. The Balaban J connectivity index is 0.00000107. The number of anilines is 2. The molecule has 8 heteroatoms. The molecule has 1 saturated heterocycles. The summed E-state index contributed by atoms with van der Waals surface area (Å²) < 4.78 is 5.81. The van der Waals surface area contributed by atoms with Crippen LogP contribution in [-0.2, 0) is 11.3 Å². The number of ether oxygens (including phenoxy) is 1. The van der Waals surface area contributed by atoms with Gasteiger partial charge in [0.1, 0.15) is 5.82 Å². The van der Waals surface area contributed by atoms with Gasteiger partial charge in [0, 0.05) is 77.5 Å². The number of pyridine rings is 2. The summed E-state index contributed by atoms with van der Waals surface area (Å²) >= 11 is 0. The Bertz CT molecular complexity index is 1150. The fraction of sp³-hybridized carbons (Fsp3) is 0.452. The van der Waals surface area contributed by atoms with Gasteiger partial charge in [-0.1, -0.05) is 39.8 Å². The van der Waals surface area contributed by atoms with Crippen LogP contribution in [0.5, 0.6) is 5.88 Å². The van der Waals surface area contributed by atoms with Gasteiger partial charge in [0.15, 0.2) is 0 Å². The average Bonchev–Trinajstić information content (AvgIpc) is 2.98. The normalized spacial score (nSPS) is 19.4. The number of likely N-dealkylation sites (N-methyl/N-ethyl adjacent to an activating group) is 1. The zero-order valence-corrected chi connectivity index (χ0v) is 24.2. The first-order valence-corrected chi connectivity index (χ1v) is 14.2.